The fraction of sp³-hybridized carbons (Fsp3) is 0.176. The monoisotopic (exact) mass is 415 g/mol. The largest absolute Gasteiger partial charge is 0.465 e. The number of rotatable bonds is 4. The van der Waals surface area contributed by atoms with Crippen molar-refractivity contribution in [3.8, 4) is 0 Å². The molecule has 1 atom stereocenters. The lowest BCUT2D eigenvalue weighted by Crippen LogP contribution is -2.30. The number of aromatic nitrogens is 2. The van der Waals surface area contributed by atoms with Crippen molar-refractivity contribution in [3.05, 3.63) is 69.5 Å². The van der Waals surface area contributed by atoms with Crippen LogP contribution in [0.3, 0.4) is 0 Å². The first-order valence-corrected chi connectivity index (χ1v) is 7.86. The third-order valence-corrected chi connectivity index (χ3v) is 3.76. The van der Waals surface area contributed by atoms with Gasteiger partial charge in [0, 0.05) is 12.5 Å². The van der Waals surface area contributed by atoms with E-state index in [1.165, 1.54) is 0 Å². The molecule has 1 aromatic carbocycles. The summed E-state index contributed by atoms with van der Waals surface area (Å²) in [4.78, 5) is 30.1. The molecule has 29 heavy (non-hydrogen) atoms. The Kier molecular flexibility index (Phi) is 5.18. The summed E-state index contributed by atoms with van der Waals surface area (Å²) in [6.07, 6.45) is -6.79. The Hall–Kier alpha value is -3.57. The van der Waals surface area contributed by atoms with Crippen LogP contribution in [0.5, 0.6) is 0 Å². The number of alkyl halides is 3. The van der Waals surface area contributed by atoms with E-state index in [-0.39, 0.29) is 10.9 Å². The molecule has 0 aliphatic carbocycles. The van der Waals surface area contributed by atoms with Gasteiger partial charge in [-0.3, -0.25) is 0 Å². The van der Waals surface area contributed by atoms with Crippen LogP contribution in [-0.2, 0) is 12.6 Å². The summed E-state index contributed by atoms with van der Waals surface area (Å²) < 4.78 is 70.3. The summed E-state index contributed by atoms with van der Waals surface area (Å²) in [5.74, 6) is -2.47. The van der Waals surface area contributed by atoms with Gasteiger partial charge in [-0.25, -0.2) is 23.4 Å². The number of fused-ring (bicyclic) bond motifs is 1. The zero-order chi connectivity index (χ0) is 21.3. The number of benzene rings is 1. The summed E-state index contributed by atoms with van der Waals surface area (Å²) in [6, 6.07) is 2.40. The third-order valence-electron chi connectivity index (χ3n) is 3.76. The van der Waals surface area contributed by atoms with Gasteiger partial charge in [0.15, 0.2) is 5.65 Å². The van der Waals surface area contributed by atoms with Crippen LogP contribution in [0.15, 0.2) is 39.5 Å². The van der Waals surface area contributed by atoms with E-state index >= 15 is 0 Å². The van der Waals surface area contributed by atoms with E-state index in [0.29, 0.717) is 12.1 Å². The van der Waals surface area contributed by atoms with Crippen LogP contribution in [0, 0.1) is 11.6 Å². The van der Waals surface area contributed by atoms with Gasteiger partial charge in [0.1, 0.15) is 28.8 Å². The van der Waals surface area contributed by atoms with Crippen LogP contribution in [0.1, 0.15) is 23.2 Å². The second kappa shape index (κ2) is 7.45. The number of nitrogens with zero attached hydrogens (tertiary/aromatic N) is 2. The first-order chi connectivity index (χ1) is 13.5. The minimum absolute atomic E-state index is 0.0113. The molecule has 0 bridgehead atoms. The van der Waals surface area contributed by atoms with Crippen LogP contribution < -0.4 is 10.9 Å². The van der Waals surface area contributed by atoms with Gasteiger partial charge >= 0.3 is 17.9 Å². The lowest BCUT2D eigenvalue weighted by Gasteiger charge is -2.15. The van der Waals surface area contributed by atoms with E-state index in [2.05, 4.69) is 9.97 Å². The Balaban J connectivity index is 2.09. The smallest absolute Gasteiger partial charge is 0.433 e. The Labute approximate surface area is 157 Å². The van der Waals surface area contributed by atoms with Crippen molar-refractivity contribution in [1.29, 1.82) is 0 Å². The van der Waals surface area contributed by atoms with Crippen LogP contribution in [0.2, 0.25) is 0 Å². The van der Waals surface area contributed by atoms with Crippen LogP contribution in [-0.4, -0.2) is 21.2 Å². The normalized spacial score (nSPS) is 12.7. The summed E-state index contributed by atoms with van der Waals surface area (Å²) >= 11 is 0. The molecule has 2 heterocycles. The van der Waals surface area contributed by atoms with Crippen LogP contribution >= 0.6 is 0 Å². The van der Waals surface area contributed by atoms with Gasteiger partial charge in [0.2, 0.25) is 5.89 Å². The van der Waals surface area contributed by atoms with E-state index in [9.17, 15) is 31.5 Å². The molecule has 0 spiro atoms. The number of halogens is 5. The second-order valence-electron chi connectivity index (χ2n) is 5.89. The molecular weight excluding hydrogens is 405 g/mol. The molecule has 0 saturated heterocycles. The van der Waals surface area contributed by atoms with Crippen LogP contribution in [0.25, 0.3) is 11.0 Å². The molecule has 12 heteroatoms. The van der Waals surface area contributed by atoms with Crippen molar-refractivity contribution >= 4 is 17.1 Å². The Bertz CT molecular complexity index is 1130. The number of pyridine rings is 1. The van der Waals surface area contributed by atoms with Gasteiger partial charge in [-0.05, 0) is 29.8 Å². The number of nitrogens with one attached hydrogen (secondary N) is 1. The van der Waals surface area contributed by atoms with E-state index < -0.39 is 59.2 Å². The van der Waals surface area contributed by atoms with Gasteiger partial charge in [-0.2, -0.15) is 18.2 Å². The molecule has 3 rings (SSSR count). The molecule has 3 aromatic rings. The van der Waals surface area contributed by atoms with Gasteiger partial charge in [-0.15, -0.1) is 0 Å². The highest BCUT2D eigenvalue weighted by Gasteiger charge is 2.33. The van der Waals surface area contributed by atoms with Crippen molar-refractivity contribution in [2.75, 3.05) is 0 Å². The van der Waals surface area contributed by atoms with Crippen molar-refractivity contribution in [3.63, 3.8) is 0 Å². The number of hydrogen-bond acceptors (Lipinski definition) is 5. The van der Waals surface area contributed by atoms with Crippen molar-refractivity contribution in [2.24, 2.45) is 0 Å². The van der Waals surface area contributed by atoms with Crippen molar-refractivity contribution in [2.45, 2.75) is 18.6 Å². The molecule has 0 unspecified atom stereocenters. The Morgan fingerprint density at radius 1 is 1.14 bits per heavy atom. The highest BCUT2D eigenvalue weighted by atomic mass is 19.4. The van der Waals surface area contributed by atoms with E-state index in [1.54, 1.807) is 0 Å². The lowest BCUT2D eigenvalue weighted by atomic mass is 10.1. The number of carboxylic acid groups (broad SMARTS) is 1. The number of carbonyl (C=O) groups is 1. The van der Waals surface area contributed by atoms with Crippen molar-refractivity contribution in [1.82, 2.24) is 15.3 Å². The summed E-state index contributed by atoms with van der Waals surface area (Å²) in [5, 5.41) is 10.6. The lowest BCUT2D eigenvalue weighted by molar-refractivity contribution is -0.141. The van der Waals surface area contributed by atoms with E-state index in [1.807, 2.05) is 5.32 Å². The molecule has 0 radical (unpaired) electrons. The maximum Gasteiger partial charge on any atom is 0.433 e. The first-order valence-electron chi connectivity index (χ1n) is 7.86. The van der Waals surface area contributed by atoms with Crippen LogP contribution in [0.4, 0.5) is 26.7 Å². The van der Waals surface area contributed by atoms with Gasteiger partial charge in [0.05, 0.1) is 0 Å². The number of amides is 1. The molecule has 152 valence electrons. The molecule has 0 fully saturated rings. The molecule has 2 aromatic heterocycles. The van der Waals surface area contributed by atoms with E-state index in [4.69, 9.17) is 9.52 Å². The second-order valence-corrected chi connectivity index (χ2v) is 5.89. The molecule has 0 aliphatic heterocycles. The standard InChI is InChI=1S/C17H10F5N3O4/c18-8-3-7(4-9(19)6-8)5-11(23-16(27)28)14-25-13-10(15(26)29-14)1-2-12(24-13)17(20,21)22/h1-4,6,11,23H,5H2,(H,27,28)/t11-/m0/s1. The van der Waals surface area contributed by atoms with Gasteiger partial charge in [-0.1, -0.05) is 0 Å². The quantitative estimate of drug-likeness (QED) is 0.633. The maximum absolute atomic E-state index is 13.4. The average Bonchev–Trinajstić information content (AvgIpc) is 2.58. The zero-order valence-electron chi connectivity index (χ0n) is 14.1. The fourth-order valence-electron chi connectivity index (χ4n) is 2.59. The predicted molar refractivity (Wildman–Crippen MR) is 87.0 cm³/mol. The zero-order valence-corrected chi connectivity index (χ0v) is 14.1. The molecule has 2 N–H and O–H groups in total. The number of hydrogen-bond donors (Lipinski definition) is 2. The Morgan fingerprint density at radius 3 is 2.38 bits per heavy atom. The summed E-state index contributed by atoms with van der Waals surface area (Å²) in [5.41, 5.74) is -3.05. The molecule has 7 nitrogen and oxygen atoms in total. The SMILES string of the molecule is O=C(O)N[C@@H](Cc1cc(F)cc(F)c1)c1nc2nc(C(F)(F)F)ccc2c(=O)o1. The highest BCUT2D eigenvalue weighted by molar-refractivity contribution is 5.73. The predicted octanol–water partition coefficient (Wildman–Crippen LogP) is 3.43. The molecular formula is C17H10F5N3O4. The third kappa shape index (κ3) is 4.65. The van der Waals surface area contributed by atoms with E-state index in [0.717, 1.165) is 18.2 Å². The topological polar surface area (TPSA) is 105 Å². The highest BCUT2D eigenvalue weighted by Crippen LogP contribution is 2.28. The van der Waals surface area contributed by atoms with Crippen molar-refractivity contribution < 1.29 is 36.3 Å². The Morgan fingerprint density at radius 2 is 1.79 bits per heavy atom. The maximum atomic E-state index is 13.4. The molecule has 0 saturated carbocycles. The molecule has 1 amide bonds. The van der Waals surface area contributed by atoms with Gasteiger partial charge < -0.3 is 14.8 Å². The first kappa shape index (κ1) is 20.2. The summed E-state index contributed by atoms with van der Waals surface area (Å²) in [7, 11) is 0. The average molecular weight is 415 g/mol. The minimum atomic E-state index is -4.80. The molecule has 0 aliphatic rings. The fourth-order valence-corrected chi connectivity index (χ4v) is 2.59. The summed E-state index contributed by atoms with van der Waals surface area (Å²) in [6.45, 7) is 0. The van der Waals surface area contributed by atoms with Gasteiger partial charge in [0.25, 0.3) is 0 Å². The minimum Gasteiger partial charge on any atom is -0.465 e.